The first-order valence-electron chi connectivity index (χ1n) is 9.54. The molecule has 1 amide bonds. The van der Waals surface area contributed by atoms with Crippen LogP contribution in [0.2, 0.25) is 0 Å². The number of halogens is 2. The molecule has 1 fully saturated rings. The highest BCUT2D eigenvalue weighted by atomic mass is 19.1. The van der Waals surface area contributed by atoms with Gasteiger partial charge in [0.15, 0.2) is 0 Å². The summed E-state index contributed by atoms with van der Waals surface area (Å²) < 4.78 is 39.2. The minimum Gasteiger partial charge on any atom is -0.497 e. The second kappa shape index (κ2) is 7.51. The van der Waals surface area contributed by atoms with Gasteiger partial charge in [0.1, 0.15) is 17.4 Å². The maximum absolute atomic E-state index is 13.8. The van der Waals surface area contributed by atoms with E-state index in [9.17, 15) is 13.6 Å². The number of hydrogen-bond acceptors (Lipinski definition) is 3. The number of fused-ring (bicyclic) bond motifs is 2. The molecule has 2 aromatic rings. The molecule has 1 spiro atoms. The summed E-state index contributed by atoms with van der Waals surface area (Å²) >= 11 is 0. The molecule has 0 bridgehead atoms. The van der Waals surface area contributed by atoms with Crippen molar-refractivity contribution in [2.45, 2.75) is 31.3 Å². The lowest BCUT2D eigenvalue weighted by Crippen LogP contribution is -2.48. The van der Waals surface area contributed by atoms with E-state index in [1.807, 2.05) is 6.07 Å². The lowest BCUT2D eigenvalue weighted by molar-refractivity contribution is -0.140. The van der Waals surface area contributed by atoms with Crippen LogP contribution in [-0.2, 0) is 28.0 Å². The smallest absolute Gasteiger partial charge is 0.227 e. The van der Waals surface area contributed by atoms with Gasteiger partial charge in [-0.15, -0.1) is 0 Å². The van der Waals surface area contributed by atoms with Gasteiger partial charge in [0.05, 0.1) is 25.7 Å². The lowest BCUT2D eigenvalue weighted by Gasteiger charge is -2.45. The van der Waals surface area contributed by atoms with Crippen LogP contribution in [0.25, 0.3) is 0 Å². The van der Waals surface area contributed by atoms with E-state index in [0.717, 1.165) is 17.7 Å². The van der Waals surface area contributed by atoms with E-state index in [1.54, 1.807) is 12.0 Å². The molecular weight excluding hydrogens is 364 g/mol. The van der Waals surface area contributed by atoms with Gasteiger partial charge in [0, 0.05) is 18.7 Å². The van der Waals surface area contributed by atoms with E-state index in [1.165, 1.54) is 23.8 Å². The minimum absolute atomic E-state index is 0.167. The molecule has 2 aliphatic heterocycles. The maximum atomic E-state index is 13.8. The number of ether oxygens (including phenoxy) is 2. The first kappa shape index (κ1) is 18.9. The predicted octanol–water partition coefficient (Wildman–Crippen LogP) is 3.61. The predicted molar refractivity (Wildman–Crippen MR) is 100 cm³/mol. The highest BCUT2D eigenvalue weighted by Crippen LogP contribution is 2.42. The molecule has 0 aromatic heterocycles. The van der Waals surface area contributed by atoms with Gasteiger partial charge in [0.25, 0.3) is 0 Å². The molecule has 4 nitrogen and oxygen atoms in total. The first-order valence-corrected chi connectivity index (χ1v) is 9.54. The van der Waals surface area contributed by atoms with Gasteiger partial charge in [-0.1, -0.05) is 12.1 Å². The molecule has 0 unspecified atom stereocenters. The molecule has 6 heteroatoms. The zero-order valence-electron chi connectivity index (χ0n) is 15.8. The van der Waals surface area contributed by atoms with Gasteiger partial charge in [-0.2, -0.15) is 0 Å². The van der Waals surface area contributed by atoms with Crippen LogP contribution in [0.3, 0.4) is 0 Å². The van der Waals surface area contributed by atoms with Crippen molar-refractivity contribution in [3.63, 3.8) is 0 Å². The average molecular weight is 387 g/mol. The van der Waals surface area contributed by atoms with Crippen LogP contribution in [0.4, 0.5) is 8.78 Å². The van der Waals surface area contributed by atoms with Gasteiger partial charge in [-0.25, -0.2) is 8.78 Å². The Hall–Kier alpha value is -2.47. The molecule has 0 radical (unpaired) electrons. The zero-order chi connectivity index (χ0) is 19.7. The third-order valence-electron chi connectivity index (χ3n) is 5.87. The van der Waals surface area contributed by atoms with Gasteiger partial charge in [0.2, 0.25) is 5.91 Å². The summed E-state index contributed by atoms with van der Waals surface area (Å²) in [6.45, 7) is 1.63. The number of carbonyl (C=O) groups is 1. The van der Waals surface area contributed by atoms with Crippen LogP contribution in [0.15, 0.2) is 36.4 Å². The topological polar surface area (TPSA) is 38.8 Å². The lowest BCUT2D eigenvalue weighted by atomic mass is 9.79. The number of rotatable bonds is 3. The van der Waals surface area contributed by atoms with Gasteiger partial charge in [-0.05, 0) is 54.7 Å². The Balaban J connectivity index is 1.47. The third kappa shape index (κ3) is 3.37. The number of amides is 1. The Bertz CT molecular complexity index is 871. The van der Waals surface area contributed by atoms with Crippen molar-refractivity contribution >= 4 is 5.91 Å². The fraction of sp³-hybridized carbons (Fsp3) is 0.409. The van der Waals surface area contributed by atoms with Gasteiger partial charge < -0.3 is 14.4 Å². The Kier molecular flexibility index (Phi) is 5.06. The number of methoxy groups -OCH3 is 1. The fourth-order valence-electron chi connectivity index (χ4n) is 4.28. The Labute approximate surface area is 163 Å². The van der Waals surface area contributed by atoms with Crippen LogP contribution in [-0.4, -0.2) is 37.6 Å². The largest absolute Gasteiger partial charge is 0.497 e. The maximum Gasteiger partial charge on any atom is 0.227 e. The normalized spacial score (nSPS) is 18.0. The highest BCUT2D eigenvalue weighted by Gasteiger charge is 2.41. The molecule has 2 heterocycles. The zero-order valence-corrected chi connectivity index (χ0v) is 15.8. The number of likely N-dealkylation sites (tertiary alicyclic amines) is 1. The van der Waals surface area contributed by atoms with Crippen molar-refractivity contribution in [1.29, 1.82) is 0 Å². The summed E-state index contributed by atoms with van der Waals surface area (Å²) in [4.78, 5) is 14.3. The molecule has 2 aliphatic rings. The summed E-state index contributed by atoms with van der Waals surface area (Å²) in [5.41, 5.74) is 1.81. The van der Waals surface area contributed by atoms with Crippen molar-refractivity contribution < 1.29 is 23.0 Å². The molecule has 0 atom stereocenters. The SMILES string of the molecule is COc1ccc2c(c1)CCOC21CCN(C(=O)Cc2c(F)cccc2F)CC1. The van der Waals surface area contributed by atoms with E-state index >= 15 is 0 Å². The molecule has 0 N–H and O–H groups in total. The molecule has 4 rings (SSSR count). The number of carbonyl (C=O) groups excluding carboxylic acids is 1. The van der Waals surface area contributed by atoms with Gasteiger partial charge >= 0.3 is 0 Å². The molecule has 0 aliphatic carbocycles. The monoisotopic (exact) mass is 387 g/mol. The average Bonchev–Trinajstić information content (AvgIpc) is 2.71. The van der Waals surface area contributed by atoms with E-state index in [0.29, 0.717) is 32.5 Å². The highest BCUT2D eigenvalue weighted by molar-refractivity contribution is 5.79. The molecule has 2 aromatic carbocycles. The van der Waals surface area contributed by atoms with Crippen molar-refractivity contribution in [2.24, 2.45) is 0 Å². The third-order valence-corrected chi connectivity index (χ3v) is 5.87. The van der Waals surface area contributed by atoms with Gasteiger partial charge in [-0.3, -0.25) is 4.79 Å². The second-order valence-electron chi connectivity index (χ2n) is 7.37. The quantitative estimate of drug-likeness (QED) is 0.808. The molecular formula is C22H23F2NO3. The van der Waals surface area contributed by atoms with Crippen LogP contribution < -0.4 is 4.74 Å². The van der Waals surface area contributed by atoms with Crippen molar-refractivity contribution in [3.05, 3.63) is 64.7 Å². The Morgan fingerprint density at radius 1 is 1.18 bits per heavy atom. The Morgan fingerprint density at radius 2 is 1.89 bits per heavy atom. The molecule has 1 saturated heterocycles. The standard InChI is InChI=1S/C22H23F2NO3/c1-27-16-5-6-18-15(13-16)7-12-28-22(18)8-10-25(11-9-22)21(26)14-17-19(23)3-2-4-20(17)24/h2-6,13H,7-12,14H2,1H3. The summed E-state index contributed by atoms with van der Waals surface area (Å²) in [5, 5.41) is 0. The van der Waals surface area contributed by atoms with Crippen molar-refractivity contribution in [1.82, 2.24) is 4.90 Å². The molecule has 28 heavy (non-hydrogen) atoms. The second-order valence-corrected chi connectivity index (χ2v) is 7.37. The van der Waals surface area contributed by atoms with Crippen LogP contribution in [0.5, 0.6) is 5.75 Å². The van der Waals surface area contributed by atoms with E-state index in [2.05, 4.69) is 12.1 Å². The Morgan fingerprint density at radius 3 is 2.57 bits per heavy atom. The fourth-order valence-corrected chi connectivity index (χ4v) is 4.28. The van der Waals surface area contributed by atoms with E-state index in [4.69, 9.17) is 9.47 Å². The van der Waals surface area contributed by atoms with E-state index in [-0.39, 0.29) is 17.9 Å². The first-order chi connectivity index (χ1) is 13.5. The molecule has 0 saturated carbocycles. The summed E-state index contributed by atoms with van der Waals surface area (Å²) in [5.74, 6) is -0.791. The van der Waals surface area contributed by atoms with Crippen LogP contribution in [0.1, 0.15) is 29.5 Å². The minimum atomic E-state index is -0.680. The van der Waals surface area contributed by atoms with Crippen molar-refractivity contribution in [3.8, 4) is 5.75 Å². The summed E-state index contributed by atoms with van der Waals surface area (Å²) in [6.07, 6.45) is 1.90. The van der Waals surface area contributed by atoms with Crippen LogP contribution in [0, 0.1) is 11.6 Å². The number of benzene rings is 2. The number of nitrogens with zero attached hydrogens (tertiary/aromatic N) is 1. The van der Waals surface area contributed by atoms with Crippen molar-refractivity contribution in [2.75, 3.05) is 26.8 Å². The summed E-state index contributed by atoms with van der Waals surface area (Å²) in [7, 11) is 1.65. The summed E-state index contributed by atoms with van der Waals surface area (Å²) in [6, 6.07) is 9.71. The molecule has 148 valence electrons. The number of piperidine rings is 1. The van der Waals surface area contributed by atoms with Crippen LogP contribution >= 0.6 is 0 Å². The number of hydrogen-bond donors (Lipinski definition) is 0. The van der Waals surface area contributed by atoms with E-state index < -0.39 is 17.2 Å².